The number of pyridine rings is 1. The molecule has 2 unspecified atom stereocenters. The fourth-order valence-corrected chi connectivity index (χ4v) is 1.84. The maximum absolute atomic E-state index is 5.21. The molecule has 0 aromatic carbocycles. The highest BCUT2D eigenvalue weighted by Gasteiger charge is 2.12. The van der Waals surface area contributed by atoms with Crippen LogP contribution in [-0.2, 0) is 4.74 Å². The molecule has 0 bridgehead atoms. The first-order valence-electron chi connectivity index (χ1n) is 5.93. The van der Waals surface area contributed by atoms with Crippen LogP contribution in [0.1, 0.15) is 38.4 Å². The third-order valence-corrected chi connectivity index (χ3v) is 2.62. The monoisotopic (exact) mass is 222 g/mol. The minimum Gasteiger partial charge on any atom is -0.383 e. The summed E-state index contributed by atoms with van der Waals surface area (Å²) in [4.78, 5) is 4.35. The van der Waals surface area contributed by atoms with Gasteiger partial charge >= 0.3 is 0 Å². The average molecular weight is 222 g/mol. The van der Waals surface area contributed by atoms with E-state index in [1.54, 1.807) is 7.11 Å². The predicted octanol–water partition coefficient (Wildman–Crippen LogP) is 2.55. The Morgan fingerprint density at radius 1 is 1.44 bits per heavy atom. The maximum atomic E-state index is 5.21. The van der Waals surface area contributed by atoms with Gasteiger partial charge in [-0.25, -0.2) is 0 Å². The summed E-state index contributed by atoms with van der Waals surface area (Å²) in [7, 11) is 1.75. The first kappa shape index (κ1) is 13.1. The molecule has 1 heterocycles. The molecule has 16 heavy (non-hydrogen) atoms. The van der Waals surface area contributed by atoms with E-state index >= 15 is 0 Å². The zero-order valence-electron chi connectivity index (χ0n) is 10.4. The van der Waals surface area contributed by atoms with Gasteiger partial charge in [0.05, 0.1) is 12.3 Å². The number of aromatic nitrogens is 1. The highest BCUT2D eigenvalue weighted by molar-refractivity contribution is 5.07. The third kappa shape index (κ3) is 4.29. The number of nitrogens with zero attached hydrogens (tertiary/aromatic N) is 1. The summed E-state index contributed by atoms with van der Waals surface area (Å²) in [6.45, 7) is 5.08. The summed E-state index contributed by atoms with van der Waals surface area (Å²) in [5.41, 5.74) is 1.08. The Bertz CT molecular complexity index is 271. The molecule has 0 aliphatic rings. The van der Waals surface area contributed by atoms with Crippen LogP contribution in [0, 0.1) is 0 Å². The molecule has 3 nitrogen and oxygen atoms in total. The lowest BCUT2D eigenvalue weighted by Gasteiger charge is -2.22. The van der Waals surface area contributed by atoms with Crippen LogP contribution in [0.25, 0.3) is 0 Å². The molecule has 0 saturated carbocycles. The molecule has 0 saturated heterocycles. The minimum atomic E-state index is 0.271. The van der Waals surface area contributed by atoms with Crippen LogP contribution in [0.2, 0.25) is 0 Å². The van der Waals surface area contributed by atoms with Crippen molar-refractivity contribution in [2.24, 2.45) is 0 Å². The van der Waals surface area contributed by atoms with Crippen molar-refractivity contribution in [3.8, 4) is 0 Å². The predicted molar refractivity (Wildman–Crippen MR) is 66.4 cm³/mol. The molecular weight excluding hydrogens is 200 g/mol. The zero-order chi connectivity index (χ0) is 11.8. The van der Waals surface area contributed by atoms with E-state index in [1.165, 1.54) is 0 Å². The molecule has 0 aliphatic carbocycles. The number of nitrogens with one attached hydrogen (secondary N) is 1. The van der Waals surface area contributed by atoms with E-state index in [0.29, 0.717) is 6.04 Å². The Balaban J connectivity index is 2.50. The van der Waals surface area contributed by atoms with Gasteiger partial charge in [-0.05, 0) is 25.5 Å². The Morgan fingerprint density at radius 2 is 2.25 bits per heavy atom. The van der Waals surface area contributed by atoms with Gasteiger partial charge in [0.2, 0.25) is 0 Å². The lowest BCUT2D eigenvalue weighted by Crippen LogP contribution is -2.35. The molecule has 90 valence electrons. The normalized spacial score (nSPS) is 14.7. The van der Waals surface area contributed by atoms with Gasteiger partial charge in [-0.1, -0.05) is 19.4 Å². The lowest BCUT2D eigenvalue weighted by atomic mass is 10.1. The van der Waals surface area contributed by atoms with Crippen LogP contribution >= 0.6 is 0 Å². The summed E-state index contributed by atoms with van der Waals surface area (Å²) in [6, 6.07) is 6.69. The number of ether oxygens (including phenoxy) is 1. The van der Waals surface area contributed by atoms with E-state index in [-0.39, 0.29) is 6.04 Å². The Kier molecular flexibility index (Phi) is 6.04. The quantitative estimate of drug-likeness (QED) is 0.770. The van der Waals surface area contributed by atoms with E-state index in [0.717, 1.165) is 25.1 Å². The molecule has 0 fully saturated rings. The van der Waals surface area contributed by atoms with E-state index < -0.39 is 0 Å². The first-order valence-corrected chi connectivity index (χ1v) is 5.93. The molecule has 1 N–H and O–H groups in total. The van der Waals surface area contributed by atoms with Crippen LogP contribution in [0.15, 0.2) is 24.4 Å². The molecular formula is C13H22N2O. The van der Waals surface area contributed by atoms with Gasteiger partial charge in [-0.15, -0.1) is 0 Å². The van der Waals surface area contributed by atoms with Gasteiger partial charge in [0, 0.05) is 25.4 Å². The topological polar surface area (TPSA) is 34.1 Å². The summed E-state index contributed by atoms with van der Waals surface area (Å²) < 4.78 is 5.21. The largest absolute Gasteiger partial charge is 0.383 e. The molecule has 1 rings (SSSR count). The molecule has 3 heteroatoms. The van der Waals surface area contributed by atoms with E-state index in [4.69, 9.17) is 4.74 Å². The van der Waals surface area contributed by atoms with Crippen molar-refractivity contribution in [1.29, 1.82) is 0 Å². The summed E-state index contributed by atoms with van der Waals surface area (Å²) >= 11 is 0. The Morgan fingerprint density at radius 3 is 2.81 bits per heavy atom. The summed E-state index contributed by atoms with van der Waals surface area (Å²) in [6.07, 6.45) is 4.12. The average Bonchev–Trinajstić information content (AvgIpc) is 2.31. The second-order valence-corrected chi connectivity index (χ2v) is 4.08. The molecule has 0 radical (unpaired) electrons. The van der Waals surface area contributed by atoms with Crippen LogP contribution in [0.3, 0.4) is 0 Å². The molecule has 1 aromatic rings. The fourth-order valence-electron chi connectivity index (χ4n) is 1.84. The molecule has 1 aromatic heterocycles. The van der Waals surface area contributed by atoms with E-state index in [9.17, 15) is 0 Å². The van der Waals surface area contributed by atoms with Gasteiger partial charge in [0.25, 0.3) is 0 Å². The Labute approximate surface area is 98.2 Å². The van der Waals surface area contributed by atoms with Crippen molar-refractivity contribution < 1.29 is 4.74 Å². The van der Waals surface area contributed by atoms with Crippen molar-refractivity contribution in [1.82, 2.24) is 10.3 Å². The zero-order valence-corrected chi connectivity index (χ0v) is 10.4. The Hall–Kier alpha value is -0.930. The van der Waals surface area contributed by atoms with Crippen LogP contribution in [0.5, 0.6) is 0 Å². The van der Waals surface area contributed by atoms with Crippen molar-refractivity contribution >= 4 is 0 Å². The lowest BCUT2D eigenvalue weighted by molar-refractivity contribution is 0.156. The summed E-state index contributed by atoms with van der Waals surface area (Å²) in [5, 5.41) is 3.55. The second-order valence-electron chi connectivity index (χ2n) is 4.08. The van der Waals surface area contributed by atoms with Gasteiger partial charge in [0.1, 0.15) is 0 Å². The smallest absolute Gasteiger partial charge is 0.0616 e. The van der Waals surface area contributed by atoms with Gasteiger partial charge in [-0.2, -0.15) is 0 Å². The van der Waals surface area contributed by atoms with E-state index in [2.05, 4.69) is 24.1 Å². The van der Waals surface area contributed by atoms with Crippen molar-refractivity contribution in [3.05, 3.63) is 30.1 Å². The first-order chi connectivity index (χ1) is 7.77. The number of methoxy groups -OCH3 is 1. The van der Waals surface area contributed by atoms with Gasteiger partial charge in [-0.3, -0.25) is 4.98 Å². The molecule has 0 spiro atoms. The van der Waals surface area contributed by atoms with E-state index in [1.807, 2.05) is 24.4 Å². The number of hydrogen-bond acceptors (Lipinski definition) is 3. The standard InChI is InChI=1S/C13H22N2O/c1-4-7-12(10-16-3)15-11(2)13-8-5-6-9-14-13/h5-6,8-9,11-12,15H,4,7,10H2,1-3H3. The highest BCUT2D eigenvalue weighted by atomic mass is 16.5. The van der Waals surface area contributed by atoms with Gasteiger partial charge < -0.3 is 10.1 Å². The third-order valence-electron chi connectivity index (χ3n) is 2.62. The molecule has 0 amide bonds. The second kappa shape index (κ2) is 7.36. The maximum Gasteiger partial charge on any atom is 0.0616 e. The van der Waals surface area contributed by atoms with Gasteiger partial charge in [0.15, 0.2) is 0 Å². The van der Waals surface area contributed by atoms with Crippen LogP contribution < -0.4 is 5.32 Å². The van der Waals surface area contributed by atoms with Crippen molar-refractivity contribution in [3.63, 3.8) is 0 Å². The highest BCUT2D eigenvalue weighted by Crippen LogP contribution is 2.10. The number of hydrogen-bond donors (Lipinski definition) is 1. The molecule has 0 aliphatic heterocycles. The fraction of sp³-hybridized carbons (Fsp3) is 0.615. The van der Waals surface area contributed by atoms with Crippen LogP contribution in [0.4, 0.5) is 0 Å². The minimum absolute atomic E-state index is 0.271. The number of rotatable bonds is 7. The molecule has 2 atom stereocenters. The summed E-state index contributed by atoms with van der Waals surface area (Å²) in [5.74, 6) is 0. The van der Waals surface area contributed by atoms with Crippen molar-refractivity contribution in [2.75, 3.05) is 13.7 Å². The van der Waals surface area contributed by atoms with Crippen LogP contribution in [-0.4, -0.2) is 24.7 Å². The SMILES string of the molecule is CCCC(COC)NC(C)c1ccccn1. The van der Waals surface area contributed by atoms with Crippen molar-refractivity contribution in [2.45, 2.75) is 38.8 Å².